The maximum atomic E-state index is 5.13. The fourth-order valence-electron chi connectivity index (χ4n) is 0.986. The average molecular weight is 143 g/mol. The van der Waals surface area contributed by atoms with Gasteiger partial charge in [-0.2, -0.15) is 0 Å². The Morgan fingerprint density at radius 1 is 1.70 bits per heavy atom. The Morgan fingerprint density at radius 2 is 2.30 bits per heavy atom. The minimum absolute atomic E-state index is 0.541. The molecule has 0 radical (unpaired) electrons. The highest BCUT2D eigenvalue weighted by Gasteiger charge is 2.24. The molecular weight excluding hydrogens is 126 g/mol. The SMILES string of the molecule is CCC(C)N(C)CC1CO1. The van der Waals surface area contributed by atoms with Gasteiger partial charge in [0.2, 0.25) is 0 Å². The Labute approximate surface area is 63.2 Å². The predicted octanol–water partition coefficient (Wildman–Crippen LogP) is 1.12. The Kier molecular flexibility index (Phi) is 2.69. The molecule has 60 valence electrons. The maximum absolute atomic E-state index is 5.13. The molecule has 0 bridgehead atoms. The van der Waals surface area contributed by atoms with E-state index >= 15 is 0 Å². The number of nitrogens with zero attached hydrogens (tertiary/aromatic N) is 1. The van der Waals surface area contributed by atoms with E-state index in [1.54, 1.807) is 0 Å². The molecule has 0 aromatic rings. The summed E-state index contributed by atoms with van der Waals surface area (Å²) in [6, 6.07) is 0.698. The molecule has 0 amide bonds. The largest absolute Gasteiger partial charge is 0.372 e. The smallest absolute Gasteiger partial charge is 0.0936 e. The van der Waals surface area contributed by atoms with E-state index in [0.717, 1.165) is 13.2 Å². The molecule has 1 saturated heterocycles. The van der Waals surface area contributed by atoms with Crippen LogP contribution in [0.2, 0.25) is 0 Å². The molecule has 0 saturated carbocycles. The van der Waals surface area contributed by atoms with Crippen LogP contribution in [0.3, 0.4) is 0 Å². The lowest BCUT2D eigenvalue weighted by atomic mass is 10.2. The third-order valence-corrected chi connectivity index (χ3v) is 2.24. The number of hydrogen-bond acceptors (Lipinski definition) is 2. The van der Waals surface area contributed by atoms with Crippen molar-refractivity contribution in [2.45, 2.75) is 32.4 Å². The van der Waals surface area contributed by atoms with Crippen molar-refractivity contribution in [1.29, 1.82) is 0 Å². The van der Waals surface area contributed by atoms with E-state index in [9.17, 15) is 0 Å². The molecule has 2 heteroatoms. The van der Waals surface area contributed by atoms with Crippen molar-refractivity contribution in [3.8, 4) is 0 Å². The van der Waals surface area contributed by atoms with Gasteiger partial charge in [-0.15, -0.1) is 0 Å². The summed E-state index contributed by atoms with van der Waals surface area (Å²) in [5, 5.41) is 0. The zero-order valence-electron chi connectivity index (χ0n) is 7.13. The van der Waals surface area contributed by atoms with Crippen molar-refractivity contribution in [2.24, 2.45) is 0 Å². The molecule has 0 aromatic heterocycles. The van der Waals surface area contributed by atoms with Gasteiger partial charge < -0.3 is 9.64 Å². The molecule has 0 aliphatic carbocycles. The molecule has 0 aromatic carbocycles. The van der Waals surface area contributed by atoms with Gasteiger partial charge in [0, 0.05) is 12.6 Å². The van der Waals surface area contributed by atoms with Crippen molar-refractivity contribution < 1.29 is 4.74 Å². The lowest BCUT2D eigenvalue weighted by Gasteiger charge is -2.22. The second kappa shape index (κ2) is 3.35. The topological polar surface area (TPSA) is 15.8 Å². The van der Waals surface area contributed by atoms with Crippen molar-refractivity contribution in [1.82, 2.24) is 4.90 Å². The van der Waals surface area contributed by atoms with Gasteiger partial charge >= 0.3 is 0 Å². The van der Waals surface area contributed by atoms with Crippen LogP contribution >= 0.6 is 0 Å². The highest BCUT2D eigenvalue weighted by atomic mass is 16.6. The molecule has 0 spiro atoms. The first-order chi connectivity index (χ1) is 4.74. The van der Waals surface area contributed by atoms with Crippen LogP contribution in [0.5, 0.6) is 0 Å². The normalized spacial score (nSPS) is 27.0. The minimum Gasteiger partial charge on any atom is -0.372 e. The fourth-order valence-corrected chi connectivity index (χ4v) is 0.986. The van der Waals surface area contributed by atoms with Crippen LogP contribution in [0.25, 0.3) is 0 Å². The van der Waals surface area contributed by atoms with Crippen LogP contribution in [0.1, 0.15) is 20.3 Å². The molecule has 1 aliphatic heterocycles. The van der Waals surface area contributed by atoms with E-state index in [1.807, 2.05) is 0 Å². The van der Waals surface area contributed by atoms with Gasteiger partial charge in [0.1, 0.15) is 0 Å². The molecule has 1 aliphatic rings. The standard InChI is InChI=1S/C8H17NO/c1-4-7(2)9(3)5-8-6-10-8/h7-8H,4-6H2,1-3H3. The molecule has 1 rings (SSSR count). The monoisotopic (exact) mass is 143 g/mol. The quantitative estimate of drug-likeness (QED) is 0.548. The zero-order valence-corrected chi connectivity index (χ0v) is 7.13. The highest BCUT2D eigenvalue weighted by molar-refractivity contribution is 4.74. The molecule has 2 atom stereocenters. The van der Waals surface area contributed by atoms with Crippen LogP contribution in [0.15, 0.2) is 0 Å². The second-order valence-corrected chi connectivity index (χ2v) is 3.15. The van der Waals surface area contributed by atoms with Crippen molar-refractivity contribution in [3.63, 3.8) is 0 Å². The van der Waals surface area contributed by atoms with E-state index in [2.05, 4.69) is 25.8 Å². The van der Waals surface area contributed by atoms with Gasteiger partial charge in [0.05, 0.1) is 12.7 Å². The maximum Gasteiger partial charge on any atom is 0.0936 e. The molecule has 1 heterocycles. The van der Waals surface area contributed by atoms with Crippen LogP contribution in [-0.2, 0) is 4.74 Å². The summed E-state index contributed by atoms with van der Waals surface area (Å²) in [6.45, 7) is 6.55. The Hall–Kier alpha value is -0.0800. The van der Waals surface area contributed by atoms with Crippen LogP contribution in [0.4, 0.5) is 0 Å². The summed E-state index contributed by atoms with van der Waals surface area (Å²) in [7, 11) is 2.16. The van der Waals surface area contributed by atoms with Crippen molar-refractivity contribution in [2.75, 3.05) is 20.2 Å². The number of rotatable bonds is 4. The number of hydrogen-bond donors (Lipinski definition) is 0. The summed E-state index contributed by atoms with van der Waals surface area (Å²) in [4.78, 5) is 2.36. The van der Waals surface area contributed by atoms with Crippen LogP contribution in [-0.4, -0.2) is 37.2 Å². The number of ether oxygens (including phenoxy) is 1. The summed E-state index contributed by atoms with van der Waals surface area (Å²) < 4.78 is 5.13. The van der Waals surface area contributed by atoms with Crippen molar-refractivity contribution >= 4 is 0 Å². The first-order valence-electron chi connectivity index (χ1n) is 4.06. The molecule has 2 nitrogen and oxygen atoms in total. The minimum atomic E-state index is 0.541. The van der Waals surface area contributed by atoms with Crippen LogP contribution < -0.4 is 0 Å². The van der Waals surface area contributed by atoms with Gasteiger partial charge in [0.25, 0.3) is 0 Å². The van der Waals surface area contributed by atoms with Crippen molar-refractivity contribution in [3.05, 3.63) is 0 Å². The van der Waals surface area contributed by atoms with Gasteiger partial charge in [0.15, 0.2) is 0 Å². The van der Waals surface area contributed by atoms with Gasteiger partial charge in [-0.3, -0.25) is 0 Å². The summed E-state index contributed by atoms with van der Waals surface area (Å²) in [6.07, 6.45) is 1.77. The average Bonchev–Trinajstić information content (AvgIpc) is 2.70. The molecule has 10 heavy (non-hydrogen) atoms. The Morgan fingerprint density at radius 3 is 2.70 bits per heavy atom. The van der Waals surface area contributed by atoms with E-state index in [1.165, 1.54) is 6.42 Å². The number of epoxide rings is 1. The molecule has 2 unspecified atom stereocenters. The fraction of sp³-hybridized carbons (Fsp3) is 1.00. The third-order valence-electron chi connectivity index (χ3n) is 2.24. The first kappa shape index (κ1) is 8.02. The summed E-state index contributed by atoms with van der Waals surface area (Å²) in [5.41, 5.74) is 0. The zero-order chi connectivity index (χ0) is 7.56. The molecular formula is C8H17NO. The second-order valence-electron chi connectivity index (χ2n) is 3.15. The molecule has 0 N–H and O–H groups in total. The first-order valence-corrected chi connectivity index (χ1v) is 4.06. The third kappa shape index (κ3) is 2.27. The lowest BCUT2D eigenvalue weighted by Crippen LogP contribution is -2.31. The van der Waals surface area contributed by atoms with E-state index in [-0.39, 0.29) is 0 Å². The van der Waals surface area contributed by atoms with Gasteiger partial charge in [-0.25, -0.2) is 0 Å². The predicted molar refractivity (Wildman–Crippen MR) is 42.1 cm³/mol. The van der Waals surface area contributed by atoms with E-state index in [4.69, 9.17) is 4.74 Å². The van der Waals surface area contributed by atoms with Gasteiger partial charge in [-0.05, 0) is 20.4 Å². The summed E-state index contributed by atoms with van der Waals surface area (Å²) in [5.74, 6) is 0. The highest BCUT2D eigenvalue weighted by Crippen LogP contribution is 2.12. The molecule has 1 fully saturated rings. The lowest BCUT2D eigenvalue weighted by molar-refractivity contribution is 0.225. The van der Waals surface area contributed by atoms with E-state index < -0.39 is 0 Å². The van der Waals surface area contributed by atoms with Gasteiger partial charge in [-0.1, -0.05) is 6.92 Å². The Balaban J connectivity index is 2.11. The van der Waals surface area contributed by atoms with Crippen LogP contribution in [0, 0.1) is 0 Å². The summed E-state index contributed by atoms with van der Waals surface area (Å²) >= 11 is 0. The number of likely N-dealkylation sites (N-methyl/N-ethyl adjacent to an activating group) is 1. The Bertz CT molecular complexity index is 101. The van der Waals surface area contributed by atoms with E-state index in [0.29, 0.717) is 12.1 Å².